The van der Waals surface area contributed by atoms with E-state index in [-0.39, 0.29) is 5.92 Å². The van der Waals surface area contributed by atoms with Gasteiger partial charge in [0.15, 0.2) is 0 Å². The van der Waals surface area contributed by atoms with Gasteiger partial charge in [0.2, 0.25) is 5.91 Å². The molecular weight excluding hydrogens is 248 g/mol. The summed E-state index contributed by atoms with van der Waals surface area (Å²) in [5.41, 5.74) is 2.32. The van der Waals surface area contributed by atoms with Crippen molar-refractivity contribution in [1.82, 2.24) is 4.90 Å². The zero-order valence-electron chi connectivity index (χ0n) is 12.4. The van der Waals surface area contributed by atoms with Crippen molar-refractivity contribution in [2.45, 2.75) is 45.1 Å². The standard InChI is InChI=1S/C17H24N2O/c1-12(2)11-19(13-7-8-13)17(20)15-9-10-18-16-6-4-3-5-14(15)16/h3-6,12-13,15,18H,7-11H2,1-2H3. The highest BCUT2D eigenvalue weighted by Crippen LogP contribution is 2.36. The van der Waals surface area contributed by atoms with Gasteiger partial charge in [-0.3, -0.25) is 4.79 Å². The predicted molar refractivity (Wildman–Crippen MR) is 81.9 cm³/mol. The Morgan fingerprint density at radius 2 is 2.05 bits per heavy atom. The van der Waals surface area contributed by atoms with Crippen molar-refractivity contribution in [3.8, 4) is 0 Å². The first-order chi connectivity index (χ1) is 9.66. The lowest BCUT2D eigenvalue weighted by Gasteiger charge is -2.32. The Kier molecular flexibility index (Phi) is 3.68. The minimum absolute atomic E-state index is 0.0480. The molecule has 0 radical (unpaired) electrons. The van der Waals surface area contributed by atoms with Crippen LogP contribution in [-0.2, 0) is 4.79 Å². The topological polar surface area (TPSA) is 32.3 Å². The number of hydrogen-bond acceptors (Lipinski definition) is 2. The summed E-state index contributed by atoms with van der Waals surface area (Å²) < 4.78 is 0. The zero-order valence-corrected chi connectivity index (χ0v) is 12.4. The smallest absolute Gasteiger partial charge is 0.230 e. The molecule has 1 aromatic rings. The van der Waals surface area contributed by atoms with E-state index in [4.69, 9.17) is 0 Å². The quantitative estimate of drug-likeness (QED) is 0.912. The van der Waals surface area contributed by atoms with Gasteiger partial charge < -0.3 is 10.2 Å². The highest BCUT2D eigenvalue weighted by molar-refractivity contribution is 5.87. The first-order valence-electron chi connectivity index (χ1n) is 7.80. The van der Waals surface area contributed by atoms with Crippen molar-refractivity contribution in [2.75, 3.05) is 18.4 Å². The van der Waals surface area contributed by atoms with Gasteiger partial charge in [-0.25, -0.2) is 0 Å². The molecule has 1 heterocycles. The second kappa shape index (κ2) is 5.47. The number of rotatable bonds is 4. The lowest BCUT2D eigenvalue weighted by atomic mass is 9.89. The van der Waals surface area contributed by atoms with Crippen molar-refractivity contribution >= 4 is 11.6 Å². The molecule has 0 spiro atoms. The third-order valence-corrected chi connectivity index (χ3v) is 4.22. The first-order valence-corrected chi connectivity index (χ1v) is 7.80. The molecular formula is C17H24N2O. The van der Waals surface area contributed by atoms with Crippen LogP contribution in [0, 0.1) is 5.92 Å². The van der Waals surface area contributed by atoms with E-state index in [1.807, 2.05) is 12.1 Å². The van der Waals surface area contributed by atoms with Gasteiger partial charge in [-0.1, -0.05) is 32.0 Å². The number of amides is 1. The van der Waals surface area contributed by atoms with Crippen molar-refractivity contribution in [2.24, 2.45) is 5.92 Å². The molecule has 0 aromatic heterocycles. The van der Waals surface area contributed by atoms with Gasteiger partial charge in [-0.15, -0.1) is 0 Å². The Hall–Kier alpha value is -1.51. The summed E-state index contributed by atoms with van der Waals surface area (Å²) in [5.74, 6) is 0.929. The molecule has 108 valence electrons. The second-order valence-corrected chi connectivity index (χ2v) is 6.47. The molecule has 0 bridgehead atoms. The average Bonchev–Trinajstić information content (AvgIpc) is 3.28. The third-order valence-electron chi connectivity index (χ3n) is 4.22. The fraction of sp³-hybridized carbons (Fsp3) is 0.588. The first kappa shape index (κ1) is 13.5. The van der Waals surface area contributed by atoms with E-state index in [0.717, 1.165) is 25.2 Å². The Labute approximate surface area is 121 Å². The van der Waals surface area contributed by atoms with E-state index in [9.17, 15) is 4.79 Å². The molecule has 3 nitrogen and oxygen atoms in total. The van der Waals surface area contributed by atoms with Crippen LogP contribution < -0.4 is 5.32 Å². The average molecular weight is 272 g/mol. The van der Waals surface area contributed by atoms with E-state index >= 15 is 0 Å². The van der Waals surface area contributed by atoms with Gasteiger partial charge in [0.25, 0.3) is 0 Å². The zero-order chi connectivity index (χ0) is 14.1. The number of anilines is 1. The molecule has 1 fully saturated rings. The summed E-state index contributed by atoms with van der Waals surface area (Å²) in [6.45, 7) is 6.18. The highest BCUT2D eigenvalue weighted by atomic mass is 16.2. The van der Waals surface area contributed by atoms with Crippen LogP contribution in [0.4, 0.5) is 5.69 Å². The van der Waals surface area contributed by atoms with Crippen molar-refractivity contribution in [3.05, 3.63) is 29.8 Å². The summed E-state index contributed by atoms with van der Waals surface area (Å²) in [7, 11) is 0. The van der Waals surface area contributed by atoms with Gasteiger partial charge in [0, 0.05) is 24.8 Å². The number of carbonyl (C=O) groups excluding carboxylic acids is 1. The molecule has 1 aliphatic heterocycles. The van der Waals surface area contributed by atoms with Gasteiger partial charge >= 0.3 is 0 Å². The molecule has 3 rings (SSSR count). The molecule has 1 saturated carbocycles. The Balaban J connectivity index is 1.83. The van der Waals surface area contributed by atoms with Crippen LogP contribution in [0.1, 0.15) is 44.6 Å². The van der Waals surface area contributed by atoms with Crippen molar-refractivity contribution in [1.29, 1.82) is 0 Å². The molecule has 1 N–H and O–H groups in total. The number of fused-ring (bicyclic) bond motifs is 1. The molecule has 1 unspecified atom stereocenters. The van der Waals surface area contributed by atoms with Gasteiger partial charge in [-0.05, 0) is 36.8 Å². The maximum Gasteiger partial charge on any atom is 0.230 e. The van der Waals surface area contributed by atoms with Gasteiger partial charge in [0.1, 0.15) is 0 Å². The van der Waals surface area contributed by atoms with Crippen molar-refractivity contribution in [3.63, 3.8) is 0 Å². The second-order valence-electron chi connectivity index (χ2n) is 6.47. The summed E-state index contributed by atoms with van der Waals surface area (Å²) in [6.07, 6.45) is 3.29. The summed E-state index contributed by atoms with van der Waals surface area (Å²) >= 11 is 0. The molecule has 1 aliphatic carbocycles. The summed E-state index contributed by atoms with van der Waals surface area (Å²) in [6, 6.07) is 8.76. The number of hydrogen-bond donors (Lipinski definition) is 1. The molecule has 1 amide bonds. The summed E-state index contributed by atoms with van der Waals surface area (Å²) in [4.78, 5) is 15.1. The van der Waals surface area contributed by atoms with E-state index in [1.54, 1.807) is 0 Å². The number of benzene rings is 1. The SMILES string of the molecule is CC(C)CN(C(=O)C1CCNc2ccccc21)C1CC1. The fourth-order valence-corrected chi connectivity index (χ4v) is 3.12. The Morgan fingerprint density at radius 3 is 2.75 bits per heavy atom. The molecule has 0 saturated heterocycles. The molecule has 20 heavy (non-hydrogen) atoms. The number of nitrogens with zero attached hydrogens (tertiary/aromatic N) is 1. The van der Waals surface area contributed by atoms with Crippen LogP contribution in [-0.4, -0.2) is 29.9 Å². The predicted octanol–water partition coefficient (Wildman–Crippen LogP) is 3.23. The highest BCUT2D eigenvalue weighted by Gasteiger charge is 2.37. The molecule has 2 aliphatic rings. The Bertz CT molecular complexity index is 494. The van der Waals surface area contributed by atoms with Crippen LogP contribution >= 0.6 is 0 Å². The number of para-hydroxylation sites is 1. The van der Waals surface area contributed by atoms with E-state index in [0.29, 0.717) is 17.9 Å². The third kappa shape index (κ3) is 2.67. The van der Waals surface area contributed by atoms with E-state index < -0.39 is 0 Å². The van der Waals surface area contributed by atoms with E-state index in [2.05, 4.69) is 36.2 Å². The van der Waals surface area contributed by atoms with Gasteiger partial charge in [0.05, 0.1) is 5.92 Å². The maximum absolute atomic E-state index is 13.0. The van der Waals surface area contributed by atoms with Crippen molar-refractivity contribution < 1.29 is 4.79 Å². The number of carbonyl (C=O) groups is 1. The van der Waals surface area contributed by atoms with Crippen LogP contribution in [0.15, 0.2) is 24.3 Å². The largest absolute Gasteiger partial charge is 0.385 e. The van der Waals surface area contributed by atoms with Crippen LogP contribution in [0.5, 0.6) is 0 Å². The fourth-order valence-electron chi connectivity index (χ4n) is 3.12. The minimum atomic E-state index is 0.0480. The van der Waals surface area contributed by atoms with Crippen LogP contribution in [0.3, 0.4) is 0 Å². The monoisotopic (exact) mass is 272 g/mol. The summed E-state index contributed by atoms with van der Waals surface area (Å²) in [5, 5.41) is 3.40. The van der Waals surface area contributed by atoms with Crippen LogP contribution in [0.2, 0.25) is 0 Å². The lowest BCUT2D eigenvalue weighted by Crippen LogP contribution is -2.40. The molecule has 1 atom stereocenters. The number of nitrogens with one attached hydrogen (secondary N) is 1. The normalized spacial score (nSPS) is 21.2. The molecule has 1 aromatic carbocycles. The van der Waals surface area contributed by atoms with Gasteiger partial charge in [-0.2, -0.15) is 0 Å². The lowest BCUT2D eigenvalue weighted by molar-refractivity contribution is -0.134. The van der Waals surface area contributed by atoms with Crippen LogP contribution in [0.25, 0.3) is 0 Å². The Morgan fingerprint density at radius 1 is 1.30 bits per heavy atom. The maximum atomic E-state index is 13.0. The molecule has 3 heteroatoms. The minimum Gasteiger partial charge on any atom is -0.385 e. The van der Waals surface area contributed by atoms with E-state index in [1.165, 1.54) is 18.4 Å².